The molecule has 1 aromatic heterocycles. The van der Waals surface area contributed by atoms with Gasteiger partial charge in [-0.25, -0.2) is 9.78 Å². The summed E-state index contributed by atoms with van der Waals surface area (Å²) in [6.45, 7) is 3.00. The largest absolute Gasteiger partial charge is 0.393 e. The number of hydrogen-bond acceptors (Lipinski definition) is 4. The fraction of sp³-hybridized carbons (Fsp3) is 0.583. The predicted octanol–water partition coefficient (Wildman–Crippen LogP) is -0.527. The molecule has 1 N–H and O–H groups in total. The molecule has 2 atom stereocenters. The van der Waals surface area contributed by atoms with Crippen molar-refractivity contribution >= 4 is 5.91 Å². The summed E-state index contributed by atoms with van der Waals surface area (Å²) in [5, 5.41) is 9.61. The maximum atomic E-state index is 12.0. The molecule has 2 heterocycles. The number of rotatable bonds is 2. The molecule has 1 amide bonds. The van der Waals surface area contributed by atoms with E-state index in [1.807, 2.05) is 6.92 Å². The number of carbonyl (C=O) groups excluding carboxylic acids is 1. The minimum atomic E-state index is -0.420. The van der Waals surface area contributed by atoms with E-state index in [2.05, 4.69) is 4.98 Å². The van der Waals surface area contributed by atoms with Crippen molar-refractivity contribution in [3.05, 3.63) is 28.9 Å². The van der Waals surface area contributed by atoms with Gasteiger partial charge in [-0.15, -0.1) is 0 Å². The van der Waals surface area contributed by atoms with Gasteiger partial charge in [-0.05, 0) is 18.4 Å². The quantitative estimate of drug-likeness (QED) is 0.767. The maximum absolute atomic E-state index is 12.0. The first kappa shape index (κ1) is 12.8. The Balaban J connectivity index is 2.01. The zero-order valence-corrected chi connectivity index (χ0v) is 10.3. The summed E-state index contributed by atoms with van der Waals surface area (Å²) in [6.07, 6.45) is 3.21. The van der Waals surface area contributed by atoms with Gasteiger partial charge in [0.15, 0.2) is 0 Å². The van der Waals surface area contributed by atoms with Crippen molar-refractivity contribution in [3.8, 4) is 0 Å². The molecule has 0 aliphatic carbocycles. The van der Waals surface area contributed by atoms with Crippen LogP contribution < -0.4 is 5.69 Å². The molecule has 0 aromatic carbocycles. The molecular weight excluding hydrogens is 234 g/mol. The molecule has 98 valence electrons. The highest BCUT2D eigenvalue weighted by molar-refractivity contribution is 5.76. The highest BCUT2D eigenvalue weighted by atomic mass is 16.3. The van der Waals surface area contributed by atoms with E-state index in [1.165, 1.54) is 10.8 Å². The lowest BCUT2D eigenvalue weighted by atomic mass is 9.97. The smallest absolute Gasteiger partial charge is 0.347 e. The fourth-order valence-electron chi connectivity index (χ4n) is 2.11. The zero-order valence-electron chi connectivity index (χ0n) is 10.3. The molecule has 1 saturated heterocycles. The third-order valence-corrected chi connectivity index (χ3v) is 3.30. The van der Waals surface area contributed by atoms with Crippen molar-refractivity contribution in [2.24, 2.45) is 5.92 Å². The Morgan fingerprint density at radius 2 is 2.39 bits per heavy atom. The first-order valence-corrected chi connectivity index (χ1v) is 6.05. The third kappa shape index (κ3) is 2.76. The number of aliphatic hydroxyl groups excluding tert-OH is 1. The van der Waals surface area contributed by atoms with Crippen molar-refractivity contribution in [3.63, 3.8) is 0 Å². The number of aromatic nitrogens is 2. The third-order valence-electron chi connectivity index (χ3n) is 3.30. The van der Waals surface area contributed by atoms with Crippen LogP contribution in [0.15, 0.2) is 23.3 Å². The van der Waals surface area contributed by atoms with Crippen LogP contribution in [0, 0.1) is 5.92 Å². The standard InChI is InChI=1S/C12H17N3O3/c1-9-7-14(6-3-10(9)16)11(17)8-15-5-2-4-13-12(15)18/h2,4-5,9-10,16H,3,6-8H2,1H3. The molecule has 0 saturated carbocycles. The van der Waals surface area contributed by atoms with Crippen LogP contribution in [0.2, 0.25) is 0 Å². The number of carbonyl (C=O) groups is 1. The summed E-state index contributed by atoms with van der Waals surface area (Å²) in [7, 11) is 0. The van der Waals surface area contributed by atoms with Crippen LogP contribution in [0.3, 0.4) is 0 Å². The molecule has 0 spiro atoms. The fourth-order valence-corrected chi connectivity index (χ4v) is 2.11. The monoisotopic (exact) mass is 251 g/mol. The van der Waals surface area contributed by atoms with E-state index < -0.39 is 5.69 Å². The van der Waals surface area contributed by atoms with E-state index in [9.17, 15) is 14.7 Å². The van der Waals surface area contributed by atoms with Gasteiger partial charge in [-0.2, -0.15) is 0 Å². The van der Waals surface area contributed by atoms with Crippen LogP contribution >= 0.6 is 0 Å². The number of likely N-dealkylation sites (tertiary alicyclic amines) is 1. The minimum absolute atomic E-state index is 0.00941. The van der Waals surface area contributed by atoms with Gasteiger partial charge in [0, 0.05) is 25.5 Å². The van der Waals surface area contributed by atoms with Gasteiger partial charge in [0.05, 0.1) is 6.10 Å². The Morgan fingerprint density at radius 1 is 1.61 bits per heavy atom. The normalized spacial score (nSPS) is 24.0. The number of aliphatic hydroxyl groups is 1. The number of nitrogens with zero attached hydrogens (tertiary/aromatic N) is 3. The van der Waals surface area contributed by atoms with Gasteiger partial charge < -0.3 is 10.0 Å². The Kier molecular flexibility index (Phi) is 3.76. The van der Waals surface area contributed by atoms with Gasteiger partial charge in [-0.1, -0.05) is 6.92 Å². The summed E-state index contributed by atoms with van der Waals surface area (Å²) in [6, 6.07) is 1.62. The summed E-state index contributed by atoms with van der Waals surface area (Å²) < 4.78 is 1.29. The van der Waals surface area contributed by atoms with Crippen molar-refractivity contribution in [1.82, 2.24) is 14.5 Å². The molecule has 1 fully saturated rings. The van der Waals surface area contributed by atoms with Crippen LogP contribution in [-0.2, 0) is 11.3 Å². The average molecular weight is 251 g/mol. The van der Waals surface area contributed by atoms with E-state index in [-0.39, 0.29) is 24.5 Å². The first-order chi connectivity index (χ1) is 8.58. The molecule has 0 radical (unpaired) electrons. The maximum Gasteiger partial charge on any atom is 0.347 e. The van der Waals surface area contributed by atoms with E-state index in [4.69, 9.17) is 0 Å². The molecule has 1 aliphatic heterocycles. The van der Waals surface area contributed by atoms with Crippen LogP contribution in [0.25, 0.3) is 0 Å². The van der Waals surface area contributed by atoms with Crippen LogP contribution in [-0.4, -0.2) is 44.7 Å². The van der Waals surface area contributed by atoms with Crippen molar-refractivity contribution in [2.75, 3.05) is 13.1 Å². The summed E-state index contributed by atoms with van der Waals surface area (Å²) in [4.78, 5) is 28.7. The van der Waals surface area contributed by atoms with Crippen molar-refractivity contribution < 1.29 is 9.90 Å². The molecule has 6 nitrogen and oxygen atoms in total. The Morgan fingerprint density at radius 3 is 3.06 bits per heavy atom. The summed E-state index contributed by atoms with van der Waals surface area (Å²) in [5.41, 5.74) is -0.420. The molecule has 2 unspecified atom stereocenters. The van der Waals surface area contributed by atoms with Crippen molar-refractivity contribution in [2.45, 2.75) is 26.0 Å². The lowest BCUT2D eigenvalue weighted by Gasteiger charge is -2.34. The lowest BCUT2D eigenvalue weighted by Crippen LogP contribution is -2.46. The Labute approximate surface area is 105 Å². The predicted molar refractivity (Wildman–Crippen MR) is 64.9 cm³/mol. The Hall–Kier alpha value is -1.69. The molecule has 1 aromatic rings. The second kappa shape index (κ2) is 5.30. The number of piperidine rings is 1. The van der Waals surface area contributed by atoms with Gasteiger partial charge in [0.25, 0.3) is 0 Å². The summed E-state index contributed by atoms with van der Waals surface area (Å²) >= 11 is 0. The van der Waals surface area contributed by atoms with Gasteiger partial charge in [0.1, 0.15) is 6.54 Å². The topological polar surface area (TPSA) is 75.4 Å². The van der Waals surface area contributed by atoms with Gasteiger partial charge in [-0.3, -0.25) is 9.36 Å². The molecular formula is C12H17N3O3. The first-order valence-electron chi connectivity index (χ1n) is 6.05. The van der Waals surface area contributed by atoms with Crippen LogP contribution in [0.1, 0.15) is 13.3 Å². The summed E-state index contributed by atoms with van der Waals surface area (Å²) in [5.74, 6) is -0.0304. The van der Waals surface area contributed by atoms with Gasteiger partial charge >= 0.3 is 5.69 Å². The number of amides is 1. The van der Waals surface area contributed by atoms with Gasteiger partial charge in [0.2, 0.25) is 5.91 Å². The minimum Gasteiger partial charge on any atom is -0.393 e. The number of hydrogen-bond donors (Lipinski definition) is 1. The highest BCUT2D eigenvalue weighted by Crippen LogP contribution is 2.16. The molecule has 2 rings (SSSR count). The SMILES string of the molecule is CC1CN(C(=O)Cn2cccnc2=O)CCC1O. The van der Waals surface area contributed by atoms with E-state index in [1.54, 1.807) is 17.2 Å². The van der Waals surface area contributed by atoms with E-state index in [0.29, 0.717) is 19.5 Å². The van der Waals surface area contributed by atoms with Crippen molar-refractivity contribution in [1.29, 1.82) is 0 Å². The van der Waals surface area contributed by atoms with E-state index >= 15 is 0 Å². The average Bonchev–Trinajstić information content (AvgIpc) is 2.35. The van der Waals surface area contributed by atoms with E-state index in [0.717, 1.165) is 0 Å². The molecule has 0 bridgehead atoms. The Bertz CT molecular complexity index is 485. The molecule has 1 aliphatic rings. The second-order valence-electron chi connectivity index (χ2n) is 4.70. The lowest BCUT2D eigenvalue weighted by molar-refractivity contribution is -0.135. The zero-order chi connectivity index (χ0) is 13.1. The molecule has 6 heteroatoms. The van der Waals surface area contributed by atoms with Crippen LogP contribution in [0.5, 0.6) is 0 Å². The molecule has 18 heavy (non-hydrogen) atoms. The highest BCUT2D eigenvalue weighted by Gasteiger charge is 2.27. The van der Waals surface area contributed by atoms with Crippen LogP contribution in [0.4, 0.5) is 0 Å². The second-order valence-corrected chi connectivity index (χ2v) is 4.70.